The molecule has 2 bridgehead atoms. The predicted molar refractivity (Wildman–Crippen MR) is 88.1 cm³/mol. The number of fused-ring (bicyclic) bond motifs is 3. The second-order valence-electron chi connectivity index (χ2n) is 7.78. The fourth-order valence-electron chi connectivity index (χ4n) is 4.93. The lowest BCUT2D eigenvalue weighted by atomic mass is 9.75. The molecule has 4 aliphatic rings. The van der Waals surface area contributed by atoms with Gasteiger partial charge in [-0.2, -0.15) is 0 Å². The van der Waals surface area contributed by atoms with Crippen molar-refractivity contribution in [3.63, 3.8) is 0 Å². The Morgan fingerprint density at radius 2 is 2.25 bits per heavy atom. The molecule has 4 fully saturated rings. The minimum absolute atomic E-state index is 0.268. The van der Waals surface area contributed by atoms with E-state index in [9.17, 15) is 4.79 Å². The maximum absolute atomic E-state index is 12.8. The highest BCUT2D eigenvalue weighted by Gasteiger charge is 2.47. The molecule has 5 heterocycles. The molecule has 0 aromatic carbocycles. The lowest BCUT2D eigenvalue weighted by Gasteiger charge is -2.46. The largest absolute Gasteiger partial charge is 0.344 e. The molecule has 0 radical (unpaired) electrons. The minimum Gasteiger partial charge on any atom is -0.344 e. The topological polar surface area (TPSA) is 72.1 Å². The van der Waals surface area contributed by atoms with Gasteiger partial charge in [0.1, 0.15) is 18.3 Å². The Morgan fingerprint density at radius 1 is 1.42 bits per heavy atom. The number of quaternary nitrogens is 2. The van der Waals surface area contributed by atoms with Gasteiger partial charge in [-0.1, -0.05) is 5.21 Å². The minimum atomic E-state index is 0.268. The zero-order chi connectivity index (χ0) is 16.5. The van der Waals surface area contributed by atoms with Crippen molar-refractivity contribution in [3.05, 3.63) is 11.9 Å². The molecule has 7 heteroatoms. The lowest BCUT2D eigenvalue weighted by molar-refractivity contribution is -0.945. The van der Waals surface area contributed by atoms with Crippen LogP contribution in [-0.4, -0.2) is 65.1 Å². The first kappa shape index (κ1) is 16.0. The maximum Gasteiger partial charge on any atom is 0.231 e. The molecule has 24 heavy (non-hydrogen) atoms. The molecule has 0 spiro atoms. The summed E-state index contributed by atoms with van der Waals surface area (Å²) in [6, 6.07) is 0.589. The van der Waals surface area contributed by atoms with Crippen molar-refractivity contribution in [2.24, 2.45) is 11.8 Å². The van der Waals surface area contributed by atoms with Gasteiger partial charge in [-0.15, -0.1) is 5.10 Å². The zero-order valence-electron chi connectivity index (χ0n) is 14.7. The van der Waals surface area contributed by atoms with Crippen LogP contribution in [0.25, 0.3) is 0 Å². The number of nitrogens with zero attached hydrogens (tertiary/aromatic N) is 4. The molecule has 5 rings (SSSR count). The molecule has 1 unspecified atom stereocenters. The lowest BCUT2D eigenvalue weighted by Crippen LogP contribution is -3.20. The van der Waals surface area contributed by atoms with Gasteiger partial charge < -0.3 is 15.1 Å². The molecule has 1 aromatic rings. The van der Waals surface area contributed by atoms with Crippen LogP contribution in [0, 0.1) is 11.8 Å². The first-order chi connectivity index (χ1) is 11.7. The number of carbonyl (C=O) groups is 1. The Hall–Kier alpha value is -1.47. The summed E-state index contributed by atoms with van der Waals surface area (Å²) in [6.07, 6.45) is 6.83. The highest BCUT2D eigenvalue weighted by atomic mass is 16.2. The monoisotopic (exact) mass is 334 g/mol. The smallest absolute Gasteiger partial charge is 0.231 e. The van der Waals surface area contributed by atoms with Gasteiger partial charge >= 0.3 is 0 Å². The second kappa shape index (κ2) is 6.80. The first-order valence-electron chi connectivity index (χ1n) is 9.55. The van der Waals surface area contributed by atoms with E-state index in [1.807, 2.05) is 11.7 Å². The number of likely N-dealkylation sites (tertiary alicyclic amines) is 1. The number of piperidine rings is 3. The molecular formula is C17H30N6O+2. The maximum atomic E-state index is 12.8. The molecule has 4 aliphatic heterocycles. The van der Waals surface area contributed by atoms with Crippen LogP contribution in [0.5, 0.6) is 0 Å². The molecule has 4 saturated heterocycles. The van der Waals surface area contributed by atoms with Crippen LogP contribution in [0.2, 0.25) is 0 Å². The van der Waals surface area contributed by atoms with Gasteiger partial charge in [-0.05, 0) is 18.8 Å². The highest BCUT2D eigenvalue weighted by molar-refractivity contribution is 5.79. The van der Waals surface area contributed by atoms with Crippen LogP contribution < -0.4 is 10.2 Å². The van der Waals surface area contributed by atoms with E-state index in [0.29, 0.717) is 17.9 Å². The Bertz CT molecular complexity index is 581. The van der Waals surface area contributed by atoms with Gasteiger partial charge in [-0.3, -0.25) is 4.79 Å². The summed E-state index contributed by atoms with van der Waals surface area (Å²) in [6.45, 7) is 6.02. The van der Waals surface area contributed by atoms with Gasteiger partial charge in [-0.25, -0.2) is 4.68 Å². The van der Waals surface area contributed by atoms with E-state index in [2.05, 4.69) is 26.7 Å². The Morgan fingerprint density at radius 3 is 2.96 bits per heavy atom. The van der Waals surface area contributed by atoms with E-state index < -0.39 is 0 Å². The van der Waals surface area contributed by atoms with Crippen LogP contribution >= 0.6 is 0 Å². The summed E-state index contributed by atoms with van der Waals surface area (Å²) in [4.78, 5) is 16.5. The molecule has 3 N–H and O–H groups in total. The number of amides is 1. The van der Waals surface area contributed by atoms with Crippen LogP contribution in [-0.2, 0) is 17.9 Å². The molecular weight excluding hydrogens is 304 g/mol. The third kappa shape index (κ3) is 3.07. The van der Waals surface area contributed by atoms with E-state index in [4.69, 9.17) is 0 Å². The third-order valence-corrected chi connectivity index (χ3v) is 6.19. The van der Waals surface area contributed by atoms with Crippen molar-refractivity contribution in [1.29, 1.82) is 0 Å². The van der Waals surface area contributed by atoms with E-state index in [0.717, 1.165) is 44.8 Å². The first-order valence-corrected chi connectivity index (χ1v) is 9.55. The molecule has 7 nitrogen and oxygen atoms in total. The fourth-order valence-corrected chi connectivity index (χ4v) is 4.93. The number of nitrogens with two attached hydrogens (primary N) is 1. The summed E-state index contributed by atoms with van der Waals surface area (Å²) < 4.78 is 2.01. The second-order valence-corrected chi connectivity index (χ2v) is 7.78. The summed E-state index contributed by atoms with van der Waals surface area (Å²) >= 11 is 0. The van der Waals surface area contributed by atoms with Gasteiger partial charge in [0.15, 0.2) is 0 Å². The number of nitrogens with one attached hydrogen (secondary N) is 1. The molecule has 4 atom stereocenters. The Labute approximate surface area is 143 Å². The van der Waals surface area contributed by atoms with E-state index in [-0.39, 0.29) is 5.92 Å². The number of carbonyl (C=O) groups excluding carboxylic acids is 1. The summed E-state index contributed by atoms with van der Waals surface area (Å²) in [5.74, 6) is 1.28. The van der Waals surface area contributed by atoms with E-state index in [1.165, 1.54) is 25.8 Å². The van der Waals surface area contributed by atoms with Crippen molar-refractivity contribution in [3.8, 4) is 0 Å². The van der Waals surface area contributed by atoms with Crippen molar-refractivity contribution < 1.29 is 15.0 Å². The molecule has 132 valence electrons. The molecule has 0 saturated carbocycles. The fraction of sp³-hybridized carbons (Fsp3) is 0.824. The summed E-state index contributed by atoms with van der Waals surface area (Å²) in [5, 5.41) is 10.6. The van der Waals surface area contributed by atoms with Crippen LogP contribution in [0.3, 0.4) is 0 Å². The number of hydrogen-bond acceptors (Lipinski definition) is 3. The van der Waals surface area contributed by atoms with Crippen molar-refractivity contribution in [2.45, 2.75) is 44.8 Å². The van der Waals surface area contributed by atoms with E-state index in [1.54, 1.807) is 4.90 Å². The Kier molecular flexibility index (Phi) is 4.54. The number of rotatable bonds is 5. The average molecular weight is 334 g/mol. The van der Waals surface area contributed by atoms with Crippen LogP contribution in [0.15, 0.2) is 6.20 Å². The number of aromatic nitrogens is 3. The van der Waals surface area contributed by atoms with Crippen molar-refractivity contribution in [1.82, 2.24) is 19.9 Å². The highest BCUT2D eigenvalue weighted by Crippen LogP contribution is 2.29. The van der Waals surface area contributed by atoms with Gasteiger partial charge in [0.2, 0.25) is 5.91 Å². The zero-order valence-corrected chi connectivity index (χ0v) is 14.7. The number of hydrogen-bond donors (Lipinski definition) is 2. The van der Waals surface area contributed by atoms with Crippen LogP contribution in [0.4, 0.5) is 0 Å². The molecule has 1 aromatic heterocycles. The normalized spacial score (nSPS) is 32.5. The third-order valence-electron chi connectivity index (χ3n) is 6.19. The standard InChI is InChI=1S/C17H28N6O/c1-18-9-14-10-23(20-19-14)11-15-8-13-4-7-22(15)12-16(13)17(24)21-5-2-3-6-21/h10,13,15-16,18H,2-9,11-12H2,1H3/p+2/t13-,15+,16-/m0/s1. The van der Waals surface area contributed by atoms with Crippen molar-refractivity contribution in [2.75, 3.05) is 33.2 Å². The van der Waals surface area contributed by atoms with Crippen molar-refractivity contribution >= 4 is 5.91 Å². The SMILES string of the molecule is C[NH2+]Cc1cn(C[C@H]2C[C@@H]3CC[NH+]2C[C@@H]3C(=O)N2CCCC2)nn1. The van der Waals surface area contributed by atoms with Gasteiger partial charge in [0.25, 0.3) is 0 Å². The molecule has 0 aliphatic carbocycles. The van der Waals surface area contributed by atoms with E-state index >= 15 is 0 Å². The molecule has 1 amide bonds. The average Bonchev–Trinajstić information content (AvgIpc) is 3.27. The predicted octanol–water partition coefficient (Wildman–Crippen LogP) is -2.11. The van der Waals surface area contributed by atoms with Crippen LogP contribution in [0.1, 0.15) is 31.4 Å². The quantitative estimate of drug-likeness (QED) is 0.647. The summed E-state index contributed by atoms with van der Waals surface area (Å²) in [7, 11) is 2.05. The van der Waals surface area contributed by atoms with Gasteiger partial charge in [0, 0.05) is 25.9 Å². The summed E-state index contributed by atoms with van der Waals surface area (Å²) in [5.41, 5.74) is 1.05. The van der Waals surface area contributed by atoms with Gasteiger partial charge in [0.05, 0.1) is 38.8 Å². The Balaban J connectivity index is 1.38.